The monoisotopic (exact) mass is 148 g/mol. The van der Waals surface area contributed by atoms with Gasteiger partial charge < -0.3 is 4.18 Å². The predicted octanol–water partition coefficient (Wildman–Crippen LogP) is 2.72. The fourth-order valence-corrected chi connectivity index (χ4v) is 1.27. The summed E-state index contributed by atoms with van der Waals surface area (Å²) < 4.78 is 5.27. The van der Waals surface area contributed by atoms with Gasteiger partial charge in [0.15, 0.2) is 0 Å². The van der Waals surface area contributed by atoms with Crippen LogP contribution < -0.4 is 0 Å². The van der Waals surface area contributed by atoms with E-state index in [-0.39, 0.29) is 0 Å². The third-order valence-electron chi connectivity index (χ3n) is 1.06. The van der Waals surface area contributed by atoms with Crippen LogP contribution in [0.4, 0.5) is 0 Å². The molecule has 0 aromatic heterocycles. The third-order valence-corrected chi connectivity index (χ3v) is 1.58. The van der Waals surface area contributed by atoms with Crippen molar-refractivity contribution < 1.29 is 4.18 Å². The smallest absolute Gasteiger partial charge is 0.0696 e. The zero-order valence-corrected chi connectivity index (χ0v) is 7.49. The Morgan fingerprint density at radius 1 is 1.33 bits per heavy atom. The van der Waals surface area contributed by atoms with E-state index in [1.165, 1.54) is 12.0 Å². The van der Waals surface area contributed by atoms with Crippen molar-refractivity contribution in [2.24, 2.45) is 5.92 Å². The van der Waals surface area contributed by atoms with Crippen LogP contribution in [0.2, 0.25) is 0 Å². The van der Waals surface area contributed by atoms with Crippen LogP contribution in [0.15, 0.2) is 0 Å². The molecule has 0 heterocycles. The van der Waals surface area contributed by atoms with Gasteiger partial charge in [0.1, 0.15) is 0 Å². The Balaban J connectivity index is 3.15. The molecular weight excluding hydrogens is 132 g/mol. The fourth-order valence-electron chi connectivity index (χ4n) is 0.867. The molecule has 0 spiro atoms. The summed E-state index contributed by atoms with van der Waals surface area (Å²) in [4.78, 5) is 0. The van der Waals surface area contributed by atoms with Gasteiger partial charge in [-0.3, -0.25) is 0 Å². The summed E-state index contributed by atoms with van der Waals surface area (Å²) in [6.45, 7) is 6.52. The van der Waals surface area contributed by atoms with E-state index in [1.54, 1.807) is 0 Å². The average Bonchev–Trinajstić information content (AvgIpc) is 1.63. The summed E-state index contributed by atoms with van der Waals surface area (Å²) in [7, 11) is 0. The molecule has 9 heavy (non-hydrogen) atoms. The minimum absolute atomic E-state index is 0.403. The molecule has 0 N–H and O–H groups in total. The van der Waals surface area contributed by atoms with Crippen molar-refractivity contribution in [3.63, 3.8) is 0 Å². The maximum absolute atomic E-state index is 5.27. The van der Waals surface area contributed by atoms with Gasteiger partial charge in [-0.2, -0.15) is 0 Å². The Labute approximate surface area is 62.4 Å². The summed E-state index contributed by atoms with van der Waals surface area (Å²) >= 11 is 1.45. The molecule has 0 aliphatic rings. The normalized spacial score (nSPS) is 14.3. The van der Waals surface area contributed by atoms with Gasteiger partial charge in [0.2, 0.25) is 0 Å². The fraction of sp³-hybridized carbons (Fsp3) is 1.00. The SMILES string of the molecule is CSOC(C)CC(C)C. The van der Waals surface area contributed by atoms with E-state index in [2.05, 4.69) is 20.8 Å². The molecule has 0 aliphatic carbocycles. The highest BCUT2D eigenvalue weighted by atomic mass is 32.2. The number of rotatable bonds is 4. The third kappa shape index (κ3) is 6.19. The van der Waals surface area contributed by atoms with Crippen LogP contribution in [-0.4, -0.2) is 12.4 Å². The highest BCUT2D eigenvalue weighted by Crippen LogP contribution is 2.11. The Bertz CT molecular complexity index is 63.9. The molecule has 0 saturated carbocycles. The summed E-state index contributed by atoms with van der Waals surface area (Å²) in [6, 6.07) is 0. The molecule has 0 fully saturated rings. The van der Waals surface area contributed by atoms with Gasteiger partial charge in [-0.25, -0.2) is 0 Å². The molecule has 0 aliphatic heterocycles. The molecule has 0 bridgehead atoms. The Hall–Kier alpha value is 0.310. The molecule has 0 radical (unpaired) electrons. The van der Waals surface area contributed by atoms with Gasteiger partial charge >= 0.3 is 0 Å². The van der Waals surface area contributed by atoms with Gasteiger partial charge in [-0.1, -0.05) is 13.8 Å². The first-order chi connectivity index (χ1) is 4.16. The molecule has 1 nitrogen and oxygen atoms in total. The van der Waals surface area contributed by atoms with E-state index in [4.69, 9.17) is 4.18 Å². The maximum Gasteiger partial charge on any atom is 0.0696 e. The standard InChI is InChI=1S/C7H16OS/c1-6(2)5-7(3)8-9-4/h6-7H,5H2,1-4H3. The van der Waals surface area contributed by atoms with Gasteiger partial charge in [0, 0.05) is 6.26 Å². The van der Waals surface area contributed by atoms with E-state index in [1.807, 2.05) is 6.26 Å². The first kappa shape index (κ1) is 9.31. The van der Waals surface area contributed by atoms with Crippen LogP contribution in [0.3, 0.4) is 0 Å². The molecule has 0 saturated heterocycles. The number of hydrogen-bond donors (Lipinski definition) is 0. The Morgan fingerprint density at radius 3 is 2.22 bits per heavy atom. The van der Waals surface area contributed by atoms with Gasteiger partial charge in [0.25, 0.3) is 0 Å². The second-order valence-electron chi connectivity index (χ2n) is 2.70. The molecule has 1 atom stereocenters. The summed E-state index contributed by atoms with van der Waals surface area (Å²) in [5.41, 5.74) is 0. The van der Waals surface area contributed by atoms with Crippen molar-refractivity contribution in [2.45, 2.75) is 33.3 Å². The van der Waals surface area contributed by atoms with E-state index in [9.17, 15) is 0 Å². The van der Waals surface area contributed by atoms with E-state index in [0.29, 0.717) is 6.10 Å². The van der Waals surface area contributed by atoms with E-state index >= 15 is 0 Å². The molecule has 56 valence electrons. The van der Waals surface area contributed by atoms with Crippen molar-refractivity contribution in [2.75, 3.05) is 6.26 Å². The summed E-state index contributed by atoms with van der Waals surface area (Å²) in [5.74, 6) is 0.743. The van der Waals surface area contributed by atoms with Crippen molar-refractivity contribution in [3.8, 4) is 0 Å². The lowest BCUT2D eigenvalue weighted by atomic mass is 10.1. The minimum Gasteiger partial charge on any atom is -0.313 e. The van der Waals surface area contributed by atoms with Crippen LogP contribution in [0.5, 0.6) is 0 Å². The van der Waals surface area contributed by atoms with Gasteiger partial charge in [-0.15, -0.1) is 0 Å². The maximum atomic E-state index is 5.27. The highest BCUT2D eigenvalue weighted by Gasteiger charge is 2.03. The quantitative estimate of drug-likeness (QED) is 0.567. The molecule has 0 rings (SSSR count). The Morgan fingerprint density at radius 2 is 1.89 bits per heavy atom. The lowest BCUT2D eigenvalue weighted by Crippen LogP contribution is -2.06. The number of hydrogen-bond acceptors (Lipinski definition) is 2. The lowest BCUT2D eigenvalue weighted by Gasteiger charge is -2.11. The van der Waals surface area contributed by atoms with E-state index < -0.39 is 0 Å². The van der Waals surface area contributed by atoms with Crippen LogP contribution in [0.1, 0.15) is 27.2 Å². The molecule has 1 unspecified atom stereocenters. The topological polar surface area (TPSA) is 9.23 Å². The zero-order chi connectivity index (χ0) is 7.28. The first-order valence-corrected chi connectivity index (χ1v) is 4.51. The zero-order valence-electron chi connectivity index (χ0n) is 6.68. The molecule has 0 amide bonds. The summed E-state index contributed by atoms with van der Waals surface area (Å²) in [5, 5.41) is 0. The van der Waals surface area contributed by atoms with Crippen molar-refractivity contribution in [3.05, 3.63) is 0 Å². The average molecular weight is 148 g/mol. The Kier molecular flexibility index (Phi) is 5.30. The second-order valence-corrected chi connectivity index (χ2v) is 3.23. The largest absolute Gasteiger partial charge is 0.313 e. The highest BCUT2D eigenvalue weighted by molar-refractivity contribution is 7.93. The van der Waals surface area contributed by atoms with Crippen LogP contribution in [-0.2, 0) is 4.18 Å². The molecule has 0 aromatic rings. The van der Waals surface area contributed by atoms with E-state index in [0.717, 1.165) is 12.3 Å². The first-order valence-electron chi connectivity index (χ1n) is 3.36. The van der Waals surface area contributed by atoms with Crippen molar-refractivity contribution in [1.29, 1.82) is 0 Å². The van der Waals surface area contributed by atoms with Crippen molar-refractivity contribution >= 4 is 12.0 Å². The minimum atomic E-state index is 0.403. The van der Waals surface area contributed by atoms with Crippen molar-refractivity contribution in [1.82, 2.24) is 0 Å². The molecule has 0 aromatic carbocycles. The lowest BCUT2D eigenvalue weighted by molar-refractivity contribution is 0.230. The molecule has 2 heteroatoms. The predicted molar refractivity (Wildman–Crippen MR) is 43.5 cm³/mol. The van der Waals surface area contributed by atoms with Crippen LogP contribution >= 0.6 is 12.0 Å². The molecular formula is C7H16OS. The summed E-state index contributed by atoms with van der Waals surface area (Å²) in [6.07, 6.45) is 3.51. The van der Waals surface area contributed by atoms with Gasteiger partial charge in [0.05, 0.1) is 6.10 Å². The van der Waals surface area contributed by atoms with Crippen LogP contribution in [0.25, 0.3) is 0 Å². The van der Waals surface area contributed by atoms with Gasteiger partial charge in [-0.05, 0) is 31.3 Å². The second kappa shape index (κ2) is 5.12. The van der Waals surface area contributed by atoms with Crippen LogP contribution in [0, 0.1) is 5.92 Å².